The Morgan fingerprint density at radius 3 is 2.90 bits per heavy atom. The van der Waals surface area contributed by atoms with E-state index in [2.05, 4.69) is 79.8 Å². The summed E-state index contributed by atoms with van der Waals surface area (Å²) in [6.45, 7) is 5.87. The first kappa shape index (κ1) is 14.1. The quantitative estimate of drug-likeness (QED) is 0.713. The van der Waals surface area contributed by atoms with Gasteiger partial charge in [-0.1, -0.05) is 18.2 Å². The average molecular weight is 278 g/mol. The maximum atomic E-state index is 2.59. The zero-order valence-corrected chi connectivity index (χ0v) is 13.0. The second kappa shape index (κ2) is 5.85. The first-order chi connectivity index (χ1) is 10.2. The molecule has 1 aliphatic carbocycles. The summed E-state index contributed by atoms with van der Waals surface area (Å²) in [4.78, 5) is 2.59. The van der Waals surface area contributed by atoms with E-state index in [1.54, 1.807) is 0 Å². The van der Waals surface area contributed by atoms with E-state index in [1.165, 1.54) is 29.7 Å². The van der Waals surface area contributed by atoms with Crippen LogP contribution in [-0.2, 0) is 6.42 Å². The van der Waals surface area contributed by atoms with Crippen LogP contribution in [0.15, 0.2) is 60.2 Å². The fraction of sp³-hybridized carbons (Fsp3) is 0.350. The zero-order chi connectivity index (χ0) is 14.7. The van der Waals surface area contributed by atoms with Crippen LogP contribution in [0.4, 0.5) is 5.69 Å². The monoisotopic (exact) mass is 278 g/mol. The van der Waals surface area contributed by atoms with Crippen molar-refractivity contribution < 1.29 is 0 Å². The molecule has 0 fully saturated rings. The van der Waals surface area contributed by atoms with E-state index in [4.69, 9.17) is 0 Å². The van der Waals surface area contributed by atoms with E-state index < -0.39 is 0 Å². The third-order valence-electron chi connectivity index (χ3n) is 4.48. The standard InChI is InChI=1S/C20H24N/c1-20(2,15-14-17-9-4-3-5-10-17)21-16-8-12-18-11-6-7-13-19(18)21/h3-7,9-11,13-14H,8,12,15-16H2,1-2H3/q+1. The van der Waals surface area contributed by atoms with E-state index >= 15 is 0 Å². The molecule has 108 valence electrons. The number of benzene rings is 1. The molecule has 1 heteroatoms. The van der Waals surface area contributed by atoms with Crippen LogP contribution >= 0.6 is 0 Å². The minimum atomic E-state index is 0.145. The fourth-order valence-electron chi connectivity index (χ4n) is 3.23. The van der Waals surface area contributed by atoms with E-state index in [0.717, 1.165) is 13.0 Å². The van der Waals surface area contributed by atoms with Crippen molar-refractivity contribution >= 4 is 5.69 Å². The van der Waals surface area contributed by atoms with Crippen molar-refractivity contribution in [3.63, 3.8) is 0 Å². The number of nitrogens with zero attached hydrogens (tertiary/aromatic N) is 1. The molecule has 0 atom stereocenters. The Morgan fingerprint density at radius 1 is 1.24 bits per heavy atom. The molecule has 0 aromatic heterocycles. The number of anilines is 1. The van der Waals surface area contributed by atoms with Crippen LogP contribution in [0.2, 0.25) is 0 Å². The lowest BCUT2D eigenvalue weighted by Gasteiger charge is -2.43. The van der Waals surface area contributed by atoms with Gasteiger partial charge in [-0.25, -0.2) is 0 Å². The summed E-state index contributed by atoms with van der Waals surface area (Å²) in [5, 5.41) is 0. The maximum absolute atomic E-state index is 2.59. The largest absolute Gasteiger partial charge is 0.365 e. The molecule has 0 radical (unpaired) electrons. The van der Waals surface area contributed by atoms with Gasteiger partial charge < -0.3 is 4.90 Å². The van der Waals surface area contributed by atoms with Gasteiger partial charge in [-0.2, -0.15) is 0 Å². The summed E-state index contributed by atoms with van der Waals surface area (Å²) in [7, 11) is 0. The highest BCUT2D eigenvalue weighted by Crippen LogP contribution is 2.34. The van der Waals surface area contributed by atoms with Crippen LogP contribution < -0.4 is 4.90 Å². The highest BCUT2D eigenvalue weighted by molar-refractivity contribution is 5.57. The molecule has 1 aliphatic heterocycles. The Kier molecular flexibility index (Phi) is 3.92. The lowest BCUT2D eigenvalue weighted by molar-refractivity contribution is 0.448. The molecule has 1 nitrogen and oxygen atoms in total. The topological polar surface area (TPSA) is 3.24 Å². The van der Waals surface area contributed by atoms with Gasteiger partial charge in [-0.15, -0.1) is 0 Å². The van der Waals surface area contributed by atoms with E-state index in [9.17, 15) is 0 Å². The fourth-order valence-corrected chi connectivity index (χ4v) is 3.23. The number of para-hydroxylation sites is 1. The van der Waals surface area contributed by atoms with Gasteiger partial charge in [0.15, 0.2) is 0 Å². The Labute approximate surface area is 128 Å². The number of hydrogen-bond donors (Lipinski definition) is 0. The highest BCUT2D eigenvalue weighted by atomic mass is 15.2. The lowest BCUT2D eigenvalue weighted by atomic mass is 9.90. The number of hydrogen-bond acceptors (Lipinski definition) is 1. The molecule has 1 aromatic rings. The summed E-state index contributed by atoms with van der Waals surface area (Å²) in [6, 6.07) is 8.87. The lowest BCUT2D eigenvalue weighted by Crippen LogP contribution is -2.46. The normalized spacial score (nSPS) is 19.5. The molecule has 0 saturated heterocycles. The second-order valence-electron chi connectivity index (χ2n) is 6.52. The minimum Gasteiger partial charge on any atom is -0.365 e. The minimum absolute atomic E-state index is 0.145. The van der Waals surface area contributed by atoms with Crippen molar-refractivity contribution in [1.82, 2.24) is 0 Å². The number of rotatable bonds is 3. The van der Waals surface area contributed by atoms with Crippen LogP contribution in [0.3, 0.4) is 0 Å². The SMILES string of the molecule is CC(C)(C/C=C1/C=CC=C[CH+]1)N1CCCc2ccccc21. The van der Waals surface area contributed by atoms with Crippen molar-refractivity contribution in [2.45, 2.75) is 38.6 Å². The average Bonchev–Trinajstić information content (AvgIpc) is 2.53. The van der Waals surface area contributed by atoms with E-state index in [0.29, 0.717) is 0 Å². The Bertz CT molecular complexity index is 590. The highest BCUT2D eigenvalue weighted by Gasteiger charge is 2.30. The van der Waals surface area contributed by atoms with Crippen molar-refractivity contribution in [2.75, 3.05) is 11.4 Å². The molecule has 21 heavy (non-hydrogen) atoms. The van der Waals surface area contributed by atoms with Crippen molar-refractivity contribution in [3.05, 3.63) is 72.2 Å². The molecular weight excluding hydrogens is 254 g/mol. The number of aryl methyl sites for hydroxylation is 1. The molecule has 3 rings (SSSR count). The van der Waals surface area contributed by atoms with Gasteiger partial charge in [0.05, 0.1) is 5.57 Å². The van der Waals surface area contributed by atoms with Crippen molar-refractivity contribution in [2.24, 2.45) is 0 Å². The number of allylic oxidation sites excluding steroid dienone is 5. The number of fused-ring (bicyclic) bond motifs is 1. The maximum Gasteiger partial charge on any atom is 0.0918 e. The first-order valence-corrected chi connectivity index (χ1v) is 7.91. The molecule has 0 amide bonds. The van der Waals surface area contributed by atoms with Gasteiger partial charge in [0, 0.05) is 61.0 Å². The summed E-state index contributed by atoms with van der Waals surface area (Å²) in [5.41, 5.74) is 4.38. The molecule has 1 aromatic carbocycles. The Balaban J connectivity index is 1.79. The zero-order valence-electron chi connectivity index (χ0n) is 13.0. The van der Waals surface area contributed by atoms with Gasteiger partial charge >= 0.3 is 0 Å². The first-order valence-electron chi connectivity index (χ1n) is 7.91. The molecule has 2 aliphatic rings. The summed E-state index contributed by atoms with van der Waals surface area (Å²) in [5.74, 6) is 0. The molecule has 1 heterocycles. The summed E-state index contributed by atoms with van der Waals surface area (Å²) in [6.07, 6.45) is 16.5. The Morgan fingerprint density at radius 2 is 2.10 bits per heavy atom. The van der Waals surface area contributed by atoms with E-state index in [1.807, 2.05) is 0 Å². The summed E-state index contributed by atoms with van der Waals surface area (Å²) >= 11 is 0. The predicted octanol–water partition coefficient (Wildman–Crippen LogP) is 4.86. The molecular formula is C20H24N+. The third kappa shape index (κ3) is 3.07. The van der Waals surface area contributed by atoms with Gasteiger partial charge in [0.1, 0.15) is 0 Å². The molecule has 0 spiro atoms. The summed E-state index contributed by atoms with van der Waals surface area (Å²) < 4.78 is 0. The van der Waals surface area contributed by atoms with Gasteiger partial charge in [-0.3, -0.25) is 0 Å². The smallest absolute Gasteiger partial charge is 0.0918 e. The van der Waals surface area contributed by atoms with Crippen molar-refractivity contribution in [3.8, 4) is 0 Å². The predicted molar refractivity (Wildman–Crippen MR) is 91.5 cm³/mol. The van der Waals surface area contributed by atoms with Crippen LogP contribution in [0.25, 0.3) is 0 Å². The van der Waals surface area contributed by atoms with Crippen LogP contribution in [0, 0.1) is 6.42 Å². The molecule has 0 unspecified atom stereocenters. The van der Waals surface area contributed by atoms with Gasteiger partial charge in [0.2, 0.25) is 0 Å². The Hall–Kier alpha value is -1.89. The molecule has 0 saturated carbocycles. The second-order valence-corrected chi connectivity index (χ2v) is 6.52. The van der Waals surface area contributed by atoms with Gasteiger partial charge in [0.25, 0.3) is 0 Å². The third-order valence-corrected chi connectivity index (χ3v) is 4.48. The van der Waals surface area contributed by atoms with Crippen LogP contribution in [0.1, 0.15) is 32.3 Å². The molecule has 0 bridgehead atoms. The van der Waals surface area contributed by atoms with Crippen LogP contribution in [0.5, 0.6) is 0 Å². The van der Waals surface area contributed by atoms with Crippen molar-refractivity contribution in [1.29, 1.82) is 0 Å². The van der Waals surface area contributed by atoms with E-state index in [-0.39, 0.29) is 5.54 Å². The van der Waals surface area contributed by atoms with Crippen LogP contribution in [-0.4, -0.2) is 12.1 Å². The molecule has 0 N–H and O–H groups in total. The van der Waals surface area contributed by atoms with Gasteiger partial charge in [-0.05, 0) is 38.3 Å².